The summed E-state index contributed by atoms with van der Waals surface area (Å²) in [5, 5.41) is 0. The highest BCUT2D eigenvalue weighted by Gasteiger charge is 2.50. The summed E-state index contributed by atoms with van der Waals surface area (Å²) in [6.45, 7) is 22.3. The topological polar surface area (TPSA) is 38.8 Å². The van der Waals surface area contributed by atoms with E-state index in [2.05, 4.69) is 55.4 Å². The number of ether oxygens (including phenoxy) is 1. The van der Waals surface area contributed by atoms with Gasteiger partial charge in [0.25, 0.3) is 8.32 Å². The molecule has 0 N–H and O–H groups in total. The first-order valence-corrected chi connectivity index (χ1v) is 12.1. The van der Waals surface area contributed by atoms with Gasteiger partial charge in [-0.25, -0.2) is 9.69 Å². The van der Waals surface area contributed by atoms with E-state index in [0.717, 1.165) is 5.57 Å². The maximum Gasteiger partial charge on any atom is 0.417 e. The van der Waals surface area contributed by atoms with Gasteiger partial charge < -0.3 is 9.16 Å². The fraction of sp³-hybridized carbons (Fsp3) is 0.762. The molecule has 1 rings (SSSR count). The van der Waals surface area contributed by atoms with Gasteiger partial charge in [-0.2, -0.15) is 0 Å². The maximum absolute atomic E-state index is 12.6. The molecule has 0 aromatic heterocycles. The van der Waals surface area contributed by atoms with Gasteiger partial charge >= 0.3 is 6.09 Å². The molecule has 26 heavy (non-hydrogen) atoms. The van der Waals surface area contributed by atoms with E-state index in [1.165, 1.54) is 0 Å². The van der Waals surface area contributed by atoms with Crippen LogP contribution in [-0.4, -0.2) is 32.0 Å². The normalized spacial score (nSPS) is 20.0. The molecule has 0 aliphatic carbocycles. The lowest BCUT2D eigenvalue weighted by Gasteiger charge is -2.44. The van der Waals surface area contributed by atoms with Crippen molar-refractivity contribution >= 4 is 14.4 Å². The summed E-state index contributed by atoms with van der Waals surface area (Å²) in [6.07, 6.45) is 3.73. The molecule has 5 heteroatoms. The Morgan fingerprint density at radius 1 is 1.12 bits per heavy atom. The van der Waals surface area contributed by atoms with Gasteiger partial charge in [0.15, 0.2) is 5.88 Å². The molecule has 0 radical (unpaired) electrons. The number of nitrogens with zero attached hydrogens (tertiary/aromatic N) is 1. The van der Waals surface area contributed by atoms with E-state index < -0.39 is 8.32 Å². The van der Waals surface area contributed by atoms with Crippen molar-refractivity contribution in [2.75, 3.05) is 6.61 Å². The lowest BCUT2D eigenvalue weighted by molar-refractivity contribution is 0.145. The third-order valence-electron chi connectivity index (χ3n) is 5.63. The van der Waals surface area contributed by atoms with E-state index >= 15 is 0 Å². The zero-order valence-corrected chi connectivity index (χ0v) is 19.4. The van der Waals surface area contributed by atoms with Crippen molar-refractivity contribution in [1.29, 1.82) is 0 Å². The lowest BCUT2D eigenvalue weighted by Crippen LogP contribution is -2.50. The monoisotopic (exact) mass is 381 g/mol. The second-order valence-electron chi connectivity index (χ2n) is 8.67. The molecular weight excluding hydrogens is 342 g/mol. The number of carbonyl (C=O) groups excluding carboxylic acids is 1. The van der Waals surface area contributed by atoms with Crippen LogP contribution in [0.4, 0.5) is 4.79 Å². The van der Waals surface area contributed by atoms with Crippen molar-refractivity contribution in [2.24, 2.45) is 5.92 Å². The van der Waals surface area contributed by atoms with Gasteiger partial charge in [-0.3, -0.25) is 0 Å². The Morgan fingerprint density at radius 3 is 2.00 bits per heavy atom. The highest BCUT2D eigenvalue weighted by atomic mass is 28.4. The third kappa shape index (κ3) is 4.36. The van der Waals surface area contributed by atoms with Crippen LogP contribution in [0, 0.1) is 5.92 Å². The Morgan fingerprint density at radius 2 is 1.62 bits per heavy atom. The van der Waals surface area contributed by atoms with E-state index in [0.29, 0.717) is 35.0 Å². The summed E-state index contributed by atoms with van der Waals surface area (Å²) in [5.41, 5.74) is 2.29. The van der Waals surface area contributed by atoms with Gasteiger partial charge in [-0.1, -0.05) is 67.5 Å². The van der Waals surface area contributed by atoms with Crippen molar-refractivity contribution in [3.63, 3.8) is 0 Å². The minimum absolute atomic E-state index is 0.0101. The molecule has 0 saturated carbocycles. The Kier molecular flexibility index (Phi) is 7.99. The van der Waals surface area contributed by atoms with E-state index in [9.17, 15) is 4.79 Å². The average Bonchev–Trinajstić information content (AvgIpc) is 2.89. The molecule has 1 fully saturated rings. The van der Waals surface area contributed by atoms with Gasteiger partial charge in [-0.05, 0) is 36.4 Å². The number of amides is 1. The molecule has 0 spiro atoms. The molecule has 1 aliphatic rings. The first-order valence-electron chi connectivity index (χ1n) is 9.99. The minimum atomic E-state index is -2.19. The van der Waals surface area contributed by atoms with Crippen LogP contribution in [0.1, 0.15) is 69.2 Å². The summed E-state index contributed by atoms with van der Waals surface area (Å²) in [5.74, 6) is 0.999. The van der Waals surface area contributed by atoms with Crippen LogP contribution in [0.3, 0.4) is 0 Å². The molecular formula is C21H39NO3Si. The number of cyclic esters (lactones) is 1. The largest absolute Gasteiger partial charge is 0.531 e. The van der Waals surface area contributed by atoms with Gasteiger partial charge in [0.2, 0.25) is 0 Å². The van der Waals surface area contributed by atoms with Crippen LogP contribution >= 0.6 is 0 Å². The van der Waals surface area contributed by atoms with Gasteiger partial charge in [0.1, 0.15) is 6.61 Å². The number of carbonyl (C=O) groups is 1. The van der Waals surface area contributed by atoms with Crippen LogP contribution in [0.15, 0.2) is 23.6 Å². The average molecular weight is 382 g/mol. The van der Waals surface area contributed by atoms with Crippen molar-refractivity contribution in [2.45, 2.75) is 91.9 Å². The number of rotatable bonds is 8. The smallest absolute Gasteiger partial charge is 0.417 e. The second kappa shape index (κ2) is 9.11. The zero-order chi connectivity index (χ0) is 20.2. The Bertz CT molecular complexity index is 528. The van der Waals surface area contributed by atoms with Crippen LogP contribution < -0.4 is 0 Å². The molecule has 1 aliphatic heterocycles. The first-order chi connectivity index (χ1) is 12.0. The van der Waals surface area contributed by atoms with E-state index in [4.69, 9.17) is 9.16 Å². The molecule has 150 valence electrons. The molecule has 0 unspecified atom stereocenters. The van der Waals surface area contributed by atoms with Gasteiger partial charge in [-0.15, -0.1) is 0 Å². The second-order valence-corrected chi connectivity index (χ2v) is 14.0. The fourth-order valence-corrected chi connectivity index (χ4v) is 9.62. The van der Waals surface area contributed by atoms with Crippen molar-refractivity contribution in [1.82, 2.24) is 4.90 Å². The van der Waals surface area contributed by atoms with Crippen LogP contribution in [0.2, 0.25) is 16.6 Å². The number of allylic oxidation sites excluding steroid dienone is 3. The first kappa shape index (κ1) is 22.8. The van der Waals surface area contributed by atoms with Crippen molar-refractivity contribution in [3.8, 4) is 0 Å². The van der Waals surface area contributed by atoms with E-state index in [-0.39, 0.29) is 12.1 Å². The summed E-state index contributed by atoms with van der Waals surface area (Å²) in [4.78, 5) is 14.4. The Hall–Kier alpha value is -1.23. The van der Waals surface area contributed by atoms with E-state index in [1.807, 2.05) is 26.0 Å². The quantitative estimate of drug-likeness (QED) is 0.275. The number of hydrogen-bond acceptors (Lipinski definition) is 3. The predicted molar refractivity (Wildman–Crippen MR) is 111 cm³/mol. The lowest BCUT2D eigenvalue weighted by atomic mass is 10.0. The summed E-state index contributed by atoms with van der Waals surface area (Å²) < 4.78 is 12.4. The SMILES string of the molecule is C/C=C/C(C)=C(/O[Si](C(C)C)(C(C)C)C(C)C)N1C(=O)OC[C@@H]1C(C)C. The highest BCUT2D eigenvalue weighted by molar-refractivity contribution is 6.77. The van der Waals surface area contributed by atoms with Gasteiger partial charge in [0.05, 0.1) is 6.04 Å². The molecule has 0 aromatic carbocycles. The fourth-order valence-electron chi connectivity index (χ4n) is 4.32. The minimum Gasteiger partial charge on any atom is -0.531 e. The van der Waals surface area contributed by atoms with E-state index in [1.54, 1.807) is 4.90 Å². The molecule has 1 amide bonds. The molecule has 1 heterocycles. The molecule has 0 bridgehead atoms. The molecule has 1 saturated heterocycles. The van der Waals surface area contributed by atoms with Crippen LogP contribution in [-0.2, 0) is 9.16 Å². The molecule has 4 nitrogen and oxygen atoms in total. The Labute approximate surface area is 161 Å². The maximum atomic E-state index is 12.6. The molecule has 1 atom stereocenters. The van der Waals surface area contributed by atoms with Crippen molar-refractivity contribution in [3.05, 3.63) is 23.6 Å². The zero-order valence-electron chi connectivity index (χ0n) is 18.4. The summed E-state index contributed by atoms with van der Waals surface area (Å²) in [7, 11) is -2.19. The van der Waals surface area contributed by atoms with Gasteiger partial charge in [0, 0.05) is 5.57 Å². The highest BCUT2D eigenvalue weighted by Crippen LogP contribution is 2.45. The standard InChI is InChI=1S/C21H39NO3Si/c1-11-12-18(10)20(22-19(14(2)3)13-24-21(22)23)25-26(15(4)5,16(6)7)17(8)9/h11-12,14-17,19H,13H2,1-10H3/b12-11+,20-18+/t19-/m1/s1. The van der Waals surface area contributed by atoms with Crippen molar-refractivity contribution < 1.29 is 14.0 Å². The Balaban J connectivity index is 3.53. The summed E-state index contributed by atoms with van der Waals surface area (Å²) in [6, 6.07) is 0.0101. The third-order valence-corrected chi connectivity index (χ3v) is 11.6. The number of hydrogen-bond donors (Lipinski definition) is 0. The predicted octanol–water partition coefficient (Wildman–Crippen LogP) is 6.46. The summed E-state index contributed by atoms with van der Waals surface area (Å²) >= 11 is 0. The van der Waals surface area contributed by atoms with Crippen LogP contribution in [0.25, 0.3) is 0 Å². The van der Waals surface area contributed by atoms with Crippen LogP contribution in [0.5, 0.6) is 0 Å². The molecule has 0 aromatic rings.